The molecule has 0 aliphatic carbocycles. The largest absolute Gasteiger partial charge is 0.485 e. The summed E-state index contributed by atoms with van der Waals surface area (Å²) in [6.07, 6.45) is 5.00. The fourth-order valence-corrected chi connectivity index (χ4v) is 4.79. The number of piperidine rings is 1. The Kier molecular flexibility index (Phi) is 7.19. The van der Waals surface area contributed by atoms with Gasteiger partial charge in [0.25, 0.3) is 0 Å². The van der Waals surface area contributed by atoms with Crippen molar-refractivity contribution < 1.29 is 13.9 Å². The van der Waals surface area contributed by atoms with Crippen LogP contribution in [-0.4, -0.2) is 43.9 Å². The molecule has 4 rings (SSSR count). The van der Waals surface area contributed by atoms with Gasteiger partial charge in [-0.3, -0.25) is 9.36 Å². The lowest BCUT2D eigenvalue weighted by Crippen LogP contribution is -2.43. The van der Waals surface area contributed by atoms with E-state index in [9.17, 15) is 4.79 Å². The average Bonchev–Trinajstić information content (AvgIpc) is 3.44. The van der Waals surface area contributed by atoms with E-state index in [1.54, 1.807) is 6.26 Å². The molecule has 0 N–H and O–H groups in total. The van der Waals surface area contributed by atoms with Crippen molar-refractivity contribution in [1.29, 1.82) is 0 Å². The molecule has 2 aromatic heterocycles. The molecule has 3 aromatic rings. The van der Waals surface area contributed by atoms with Crippen LogP contribution in [0, 0.1) is 13.8 Å². The number of ether oxygens (including phenoxy) is 1. The normalized spacial score (nSPS) is 16.3. The number of rotatable bonds is 8. The van der Waals surface area contributed by atoms with E-state index >= 15 is 0 Å². The molecule has 1 aliphatic rings. The fraction of sp³-hybridized carbons (Fsp3) is 0.458. The summed E-state index contributed by atoms with van der Waals surface area (Å²) < 4.78 is 13.6. The average molecular weight is 455 g/mol. The summed E-state index contributed by atoms with van der Waals surface area (Å²) >= 11 is 1.42. The SMILES string of the molecule is Cc1cccc(OCc2nnc(SCC(=O)N3CCCC[C@H]3C)n2Cc2ccco2)c1C. The highest BCUT2D eigenvalue weighted by Gasteiger charge is 2.24. The highest BCUT2D eigenvalue weighted by atomic mass is 32.2. The summed E-state index contributed by atoms with van der Waals surface area (Å²) in [5.41, 5.74) is 2.29. The number of aromatic nitrogens is 3. The van der Waals surface area contributed by atoms with Gasteiger partial charge in [0, 0.05) is 12.6 Å². The molecule has 1 aliphatic heterocycles. The zero-order valence-corrected chi connectivity index (χ0v) is 19.7. The maximum atomic E-state index is 12.8. The number of thioether (sulfide) groups is 1. The van der Waals surface area contributed by atoms with Gasteiger partial charge >= 0.3 is 0 Å². The smallest absolute Gasteiger partial charge is 0.233 e. The quantitative estimate of drug-likeness (QED) is 0.463. The molecule has 0 bridgehead atoms. The van der Waals surface area contributed by atoms with E-state index < -0.39 is 0 Å². The molecule has 0 radical (unpaired) electrons. The fourth-order valence-electron chi connectivity index (χ4n) is 3.95. The lowest BCUT2D eigenvalue weighted by molar-refractivity contribution is -0.131. The molecule has 1 atom stereocenters. The topological polar surface area (TPSA) is 73.4 Å². The van der Waals surface area contributed by atoms with Crippen molar-refractivity contribution in [2.75, 3.05) is 12.3 Å². The van der Waals surface area contributed by atoms with Crippen LogP contribution < -0.4 is 4.74 Å². The van der Waals surface area contributed by atoms with Gasteiger partial charge in [-0.25, -0.2) is 0 Å². The molecule has 1 aromatic carbocycles. The van der Waals surface area contributed by atoms with Gasteiger partial charge in [0.15, 0.2) is 11.0 Å². The van der Waals surface area contributed by atoms with Crippen molar-refractivity contribution in [3.8, 4) is 5.75 Å². The van der Waals surface area contributed by atoms with Crippen LogP contribution in [0.2, 0.25) is 0 Å². The third-order valence-corrected chi connectivity index (χ3v) is 7.00. The number of likely N-dealkylation sites (tertiary alicyclic amines) is 1. The van der Waals surface area contributed by atoms with Crippen LogP contribution in [0.1, 0.15) is 48.9 Å². The van der Waals surface area contributed by atoms with Crippen LogP contribution >= 0.6 is 11.8 Å². The first-order valence-corrected chi connectivity index (χ1v) is 12.1. The summed E-state index contributed by atoms with van der Waals surface area (Å²) in [4.78, 5) is 14.8. The summed E-state index contributed by atoms with van der Waals surface area (Å²) in [6.45, 7) is 7.86. The predicted octanol–water partition coefficient (Wildman–Crippen LogP) is 4.61. The van der Waals surface area contributed by atoms with Crippen LogP contribution in [0.25, 0.3) is 0 Å². The predicted molar refractivity (Wildman–Crippen MR) is 124 cm³/mol. The van der Waals surface area contributed by atoms with E-state index in [1.165, 1.54) is 23.7 Å². The number of hydrogen-bond donors (Lipinski definition) is 0. The van der Waals surface area contributed by atoms with Gasteiger partial charge in [-0.1, -0.05) is 23.9 Å². The second kappa shape index (κ2) is 10.3. The maximum absolute atomic E-state index is 12.8. The molecule has 1 fully saturated rings. The molecule has 3 heterocycles. The van der Waals surface area contributed by atoms with E-state index in [2.05, 4.69) is 30.1 Å². The van der Waals surface area contributed by atoms with E-state index in [0.29, 0.717) is 29.3 Å². The molecule has 0 spiro atoms. The molecular weight excluding hydrogens is 424 g/mol. The number of amides is 1. The Morgan fingerprint density at radius 1 is 1.22 bits per heavy atom. The van der Waals surface area contributed by atoms with E-state index in [0.717, 1.165) is 36.5 Å². The highest BCUT2D eigenvalue weighted by Crippen LogP contribution is 2.25. The first-order valence-electron chi connectivity index (χ1n) is 11.1. The molecule has 170 valence electrons. The van der Waals surface area contributed by atoms with Crippen molar-refractivity contribution in [3.63, 3.8) is 0 Å². The molecule has 32 heavy (non-hydrogen) atoms. The van der Waals surface area contributed by atoms with Crippen LogP contribution in [0.15, 0.2) is 46.2 Å². The summed E-state index contributed by atoms with van der Waals surface area (Å²) in [5, 5.41) is 9.43. The third-order valence-electron chi connectivity index (χ3n) is 6.05. The van der Waals surface area contributed by atoms with Gasteiger partial charge in [0.1, 0.15) is 18.1 Å². The first-order chi connectivity index (χ1) is 15.5. The molecular formula is C24H30N4O3S. The van der Waals surface area contributed by atoms with Crippen molar-refractivity contribution >= 4 is 17.7 Å². The van der Waals surface area contributed by atoms with Gasteiger partial charge in [-0.15, -0.1) is 10.2 Å². The van der Waals surface area contributed by atoms with Crippen molar-refractivity contribution in [2.24, 2.45) is 0 Å². The number of aryl methyl sites for hydroxylation is 1. The lowest BCUT2D eigenvalue weighted by Gasteiger charge is -2.33. The zero-order valence-electron chi connectivity index (χ0n) is 18.9. The summed E-state index contributed by atoms with van der Waals surface area (Å²) in [7, 11) is 0. The molecule has 0 unspecified atom stereocenters. The van der Waals surface area contributed by atoms with Gasteiger partial charge in [-0.2, -0.15) is 0 Å². The minimum absolute atomic E-state index is 0.155. The molecule has 0 saturated carbocycles. The Hall–Kier alpha value is -2.74. The Labute approximate surface area is 193 Å². The molecule has 8 heteroatoms. The van der Waals surface area contributed by atoms with Gasteiger partial charge in [0.2, 0.25) is 5.91 Å². The molecule has 1 amide bonds. The second-order valence-electron chi connectivity index (χ2n) is 8.27. The monoisotopic (exact) mass is 454 g/mol. The van der Waals surface area contributed by atoms with Crippen LogP contribution in [0.5, 0.6) is 5.75 Å². The Bertz CT molecular complexity index is 1050. The maximum Gasteiger partial charge on any atom is 0.233 e. The number of furan rings is 1. The van der Waals surface area contributed by atoms with Crippen molar-refractivity contribution in [3.05, 3.63) is 59.3 Å². The van der Waals surface area contributed by atoms with E-state index in [4.69, 9.17) is 9.15 Å². The van der Waals surface area contributed by atoms with E-state index in [-0.39, 0.29) is 12.5 Å². The third kappa shape index (κ3) is 5.18. The second-order valence-corrected chi connectivity index (χ2v) is 9.21. The number of nitrogens with zero attached hydrogens (tertiary/aromatic N) is 4. The molecule has 1 saturated heterocycles. The Balaban J connectivity index is 1.48. The zero-order chi connectivity index (χ0) is 22.5. The standard InChI is InChI=1S/C24H30N4O3S/c1-17-8-6-11-21(19(17)3)31-15-22-25-26-24(28(22)14-20-10-7-13-30-20)32-16-23(29)27-12-5-4-9-18(27)2/h6-8,10-11,13,18H,4-5,9,12,14-16H2,1-3H3/t18-/m1/s1. The summed E-state index contributed by atoms with van der Waals surface area (Å²) in [5.74, 6) is 2.83. The molecule has 7 nitrogen and oxygen atoms in total. The number of hydrogen-bond acceptors (Lipinski definition) is 6. The summed E-state index contributed by atoms with van der Waals surface area (Å²) in [6, 6.07) is 10.1. The van der Waals surface area contributed by atoms with Crippen LogP contribution in [0.3, 0.4) is 0 Å². The first kappa shape index (κ1) is 22.5. The number of carbonyl (C=O) groups excluding carboxylic acids is 1. The Morgan fingerprint density at radius 2 is 2.09 bits per heavy atom. The van der Waals surface area contributed by atoms with E-state index in [1.807, 2.05) is 40.7 Å². The van der Waals surface area contributed by atoms with Gasteiger partial charge in [-0.05, 0) is 69.4 Å². The highest BCUT2D eigenvalue weighted by molar-refractivity contribution is 7.99. The van der Waals surface area contributed by atoms with Crippen LogP contribution in [-0.2, 0) is 17.9 Å². The lowest BCUT2D eigenvalue weighted by atomic mass is 10.0. The minimum atomic E-state index is 0.155. The number of benzene rings is 1. The minimum Gasteiger partial charge on any atom is -0.485 e. The van der Waals surface area contributed by atoms with Gasteiger partial charge < -0.3 is 14.1 Å². The van der Waals surface area contributed by atoms with Crippen LogP contribution in [0.4, 0.5) is 0 Å². The van der Waals surface area contributed by atoms with Crippen molar-refractivity contribution in [2.45, 2.75) is 64.4 Å². The van der Waals surface area contributed by atoms with Crippen molar-refractivity contribution in [1.82, 2.24) is 19.7 Å². The van der Waals surface area contributed by atoms with Gasteiger partial charge in [0.05, 0.1) is 18.6 Å². The Morgan fingerprint density at radius 3 is 2.88 bits per heavy atom. The number of carbonyl (C=O) groups is 1.